The van der Waals surface area contributed by atoms with Crippen molar-refractivity contribution in [3.05, 3.63) is 22.7 Å². The average molecular weight is 303 g/mol. The van der Waals surface area contributed by atoms with Gasteiger partial charge in [-0.2, -0.15) is 0 Å². The molecule has 3 nitrogen and oxygen atoms in total. The molecule has 0 aliphatic rings. The molecular formula is C11H15BrN2OS. The maximum absolute atomic E-state index is 5.24. The van der Waals surface area contributed by atoms with Crippen LogP contribution in [0.25, 0.3) is 0 Å². The second kappa shape index (κ2) is 6.06. The summed E-state index contributed by atoms with van der Waals surface area (Å²) < 4.78 is 6.21. The lowest BCUT2D eigenvalue weighted by Gasteiger charge is -2.15. The molecule has 0 aromatic heterocycles. The smallest absolute Gasteiger partial charge is 0.171 e. The van der Waals surface area contributed by atoms with Gasteiger partial charge in [0.15, 0.2) is 5.11 Å². The van der Waals surface area contributed by atoms with Crippen LogP contribution < -0.4 is 15.4 Å². The van der Waals surface area contributed by atoms with E-state index in [0.29, 0.717) is 11.2 Å². The van der Waals surface area contributed by atoms with Crippen molar-refractivity contribution in [3.8, 4) is 5.75 Å². The number of methoxy groups -OCH3 is 1. The molecule has 0 spiro atoms. The summed E-state index contributed by atoms with van der Waals surface area (Å²) in [5, 5.41) is 6.80. The van der Waals surface area contributed by atoms with Gasteiger partial charge in [0.2, 0.25) is 0 Å². The summed E-state index contributed by atoms with van der Waals surface area (Å²) in [5.74, 6) is 0.760. The highest BCUT2D eigenvalue weighted by atomic mass is 79.9. The molecule has 0 amide bonds. The molecule has 0 radical (unpaired) electrons. The largest absolute Gasteiger partial charge is 0.495 e. The van der Waals surface area contributed by atoms with Crippen LogP contribution in [0.4, 0.5) is 5.69 Å². The molecule has 2 N–H and O–H groups in total. The summed E-state index contributed by atoms with van der Waals surface area (Å²) in [6, 6.07) is 6.03. The van der Waals surface area contributed by atoms with E-state index in [1.807, 2.05) is 32.0 Å². The molecule has 0 saturated carbocycles. The molecule has 0 unspecified atom stereocenters. The third-order valence-electron chi connectivity index (χ3n) is 1.83. The fourth-order valence-electron chi connectivity index (χ4n) is 1.20. The highest BCUT2D eigenvalue weighted by Gasteiger charge is 2.06. The first-order valence-corrected chi connectivity index (χ1v) is 6.14. The van der Waals surface area contributed by atoms with E-state index in [9.17, 15) is 0 Å². The normalized spacial score (nSPS) is 10.1. The first kappa shape index (κ1) is 13.3. The van der Waals surface area contributed by atoms with Gasteiger partial charge in [-0.3, -0.25) is 0 Å². The quantitative estimate of drug-likeness (QED) is 0.841. The van der Waals surface area contributed by atoms with Gasteiger partial charge >= 0.3 is 0 Å². The predicted octanol–water partition coefficient (Wildman–Crippen LogP) is 3.15. The molecule has 16 heavy (non-hydrogen) atoms. The van der Waals surface area contributed by atoms with E-state index in [0.717, 1.165) is 15.9 Å². The van der Waals surface area contributed by atoms with Gasteiger partial charge in [0.25, 0.3) is 0 Å². The molecule has 1 rings (SSSR count). The van der Waals surface area contributed by atoms with Gasteiger partial charge in [-0.05, 0) is 44.3 Å². The lowest BCUT2D eigenvalue weighted by Crippen LogP contribution is -2.34. The van der Waals surface area contributed by atoms with Crippen molar-refractivity contribution < 1.29 is 4.74 Å². The Balaban J connectivity index is 2.79. The molecule has 0 heterocycles. The van der Waals surface area contributed by atoms with Crippen molar-refractivity contribution >= 4 is 38.9 Å². The minimum absolute atomic E-state index is 0.304. The number of thiocarbonyl (C=S) groups is 1. The molecular weight excluding hydrogens is 288 g/mol. The van der Waals surface area contributed by atoms with Gasteiger partial charge in [0.05, 0.1) is 12.8 Å². The molecule has 88 valence electrons. The zero-order valence-corrected chi connectivity index (χ0v) is 11.9. The molecule has 0 saturated heterocycles. The maximum atomic E-state index is 5.24. The van der Waals surface area contributed by atoms with Crippen molar-refractivity contribution in [3.63, 3.8) is 0 Å². The summed E-state index contributed by atoms with van der Waals surface area (Å²) >= 11 is 8.58. The van der Waals surface area contributed by atoms with E-state index >= 15 is 0 Å². The van der Waals surface area contributed by atoms with E-state index in [4.69, 9.17) is 17.0 Å². The number of ether oxygens (including phenoxy) is 1. The van der Waals surface area contributed by atoms with Gasteiger partial charge in [0, 0.05) is 10.5 Å². The number of hydrogen-bond acceptors (Lipinski definition) is 2. The predicted molar refractivity (Wildman–Crippen MR) is 75.2 cm³/mol. The molecule has 0 fully saturated rings. The first-order chi connectivity index (χ1) is 7.52. The molecule has 0 aliphatic heterocycles. The van der Waals surface area contributed by atoms with Crippen LogP contribution in [0, 0.1) is 0 Å². The zero-order valence-electron chi connectivity index (χ0n) is 9.50. The number of anilines is 1. The average Bonchev–Trinajstić information content (AvgIpc) is 2.16. The molecule has 0 atom stereocenters. The second-order valence-corrected chi connectivity index (χ2v) is 4.92. The maximum Gasteiger partial charge on any atom is 0.171 e. The minimum Gasteiger partial charge on any atom is -0.495 e. The van der Waals surface area contributed by atoms with E-state index in [2.05, 4.69) is 26.6 Å². The monoisotopic (exact) mass is 302 g/mol. The van der Waals surface area contributed by atoms with E-state index in [-0.39, 0.29) is 0 Å². The van der Waals surface area contributed by atoms with Gasteiger partial charge in [-0.15, -0.1) is 0 Å². The van der Waals surface area contributed by atoms with Crippen LogP contribution in [0.5, 0.6) is 5.75 Å². The Morgan fingerprint density at radius 2 is 2.12 bits per heavy atom. The van der Waals surface area contributed by atoms with Crippen LogP contribution in [-0.4, -0.2) is 18.3 Å². The summed E-state index contributed by atoms with van der Waals surface area (Å²) in [4.78, 5) is 0. The standard InChI is InChI=1S/C11H15BrN2OS/c1-7(2)13-11(16)14-9-6-8(12)4-5-10(9)15-3/h4-7H,1-3H3,(H2,13,14,16). The van der Waals surface area contributed by atoms with Crippen LogP contribution in [0.1, 0.15) is 13.8 Å². The van der Waals surface area contributed by atoms with Crippen molar-refractivity contribution in [1.82, 2.24) is 5.32 Å². The Bertz CT molecular complexity index is 382. The number of nitrogens with one attached hydrogen (secondary N) is 2. The van der Waals surface area contributed by atoms with Crippen LogP contribution in [-0.2, 0) is 0 Å². The zero-order chi connectivity index (χ0) is 12.1. The third-order valence-corrected chi connectivity index (χ3v) is 2.54. The van der Waals surface area contributed by atoms with Crippen molar-refractivity contribution in [2.45, 2.75) is 19.9 Å². The lowest BCUT2D eigenvalue weighted by atomic mass is 10.3. The van der Waals surface area contributed by atoms with E-state index < -0.39 is 0 Å². The topological polar surface area (TPSA) is 33.3 Å². The van der Waals surface area contributed by atoms with Gasteiger partial charge in [-0.25, -0.2) is 0 Å². The summed E-state index contributed by atoms with van der Waals surface area (Å²) in [7, 11) is 1.63. The highest BCUT2D eigenvalue weighted by Crippen LogP contribution is 2.27. The SMILES string of the molecule is COc1ccc(Br)cc1NC(=S)NC(C)C. The van der Waals surface area contributed by atoms with Crippen LogP contribution in [0.15, 0.2) is 22.7 Å². The first-order valence-electron chi connectivity index (χ1n) is 4.94. The fourth-order valence-corrected chi connectivity index (χ4v) is 1.91. The highest BCUT2D eigenvalue weighted by molar-refractivity contribution is 9.10. The number of rotatable bonds is 3. The summed E-state index contributed by atoms with van der Waals surface area (Å²) in [6.45, 7) is 4.07. The Morgan fingerprint density at radius 1 is 1.44 bits per heavy atom. The van der Waals surface area contributed by atoms with Gasteiger partial charge in [0.1, 0.15) is 5.75 Å². The minimum atomic E-state index is 0.304. The number of hydrogen-bond donors (Lipinski definition) is 2. The molecule has 0 aliphatic carbocycles. The molecule has 1 aromatic carbocycles. The van der Waals surface area contributed by atoms with Gasteiger partial charge < -0.3 is 15.4 Å². The lowest BCUT2D eigenvalue weighted by molar-refractivity contribution is 0.417. The van der Waals surface area contributed by atoms with Crippen LogP contribution in [0.2, 0.25) is 0 Å². The van der Waals surface area contributed by atoms with E-state index in [1.54, 1.807) is 7.11 Å². The van der Waals surface area contributed by atoms with Crippen molar-refractivity contribution in [2.24, 2.45) is 0 Å². The van der Waals surface area contributed by atoms with Crippen molar-refractivity contribution in [1.29, 1.82) is 0 Å². The summed E-state index contributed by atoms with van der Waals surface area (Å²) in [5.41, 5.74) is 0.843. The second-order valence-electron chi connectivity index (χ2n) is 3.60. The molecule has 1 aromatic rings. The number of benzene rings is 1. The Kier molecular flexibility index (Phi) is 5.02. The molecule has 5 heteroatoms. The Morgan fingerprint density at radius 3 is 2.69 bits per heavy atom. The van der Waals surface area contributed by atoms with Crippen LogP contribution >= 0.6 is 28.1 Å². The fraction of sp³-hybridized carbons (Fsp3) is 0.364. The molecule has 0 bridgehead atoms. The van der Waals surface area contributed by atoms with Gasteiger partial charge in [-0.1, -0.05) is 15.9 Å². The van der Waals surface area contributed by atoms with Crippen LogP contribution in [0.3, 0.4) is 0 Å². The van der Waals surface area contributed by atoms with E-state index in [1.165, 1.54) is 0 Å². The third kappa shape index (κ3) is 3.98. The Labute approximate surface area is 110 Å². The van der Waals surface area contributed by atoms with Crippen molar-refractivity contribution in [2.75, 3.05) is 12.4 Å². The Hall–Kier alpha value is -0.810. The summed E-state index contributed by atoms with van der Waals surface area (Å²) in [6.07, 6.45) is 0. The number of halogens is 1.